The van der Waals surface area contributed by atoms with Crippen LogP contribution >= 0.6 is 15.9 Å². The summed E-state index contributed by atoms with van der Waals surface area (Å²) >= 11 is 3.28. The van der Waals surface area contributed by atoms with Crippen LogP contribution in [-0.4, -0.2) is 39.4 Å². The Bertz CT molecular complexity index is 512. The van der Waals surface area contributed by atoms with Crippen LogP contribution in [0.5, 0.6) is 0 Å². The van der Waals surface area contributed by atoms with E-state index >= 15 is 0 Å². The van der Waals surface area contributed by atoms with E-state index in [-0.39, 0.29) is 11.4 Å². The van der Waals surface area contributed by atoms with Gasteiger partial charge in [-0.15, -0.1) is 0 Å². The molecule has 0 atom stereocenters. The molecule has 0 aliphatic heterocycles. The van der Waals surface area contributed by atoms with Gasteiger partial charge in [0.25, 0.3) is 0 Å². The molecule has 0 unspecified atom stereocenters. The van der Waals surface area contributed by atoms with Gasteiger partial charge >= 0.3 is 5.97 Å². The number of carbonyl (C=O) groups is 1. The first-order valence-electron chi connectivity index (χ1n) is 5.10. The molecule has 1 aromatic rings. The predicted molar refractivity (Wildman–Crippen MR) is 70.9 cm³/mol. The molecule has 0 N–H and O–H groups in total. The van der Waals surface area contributed by atoms with Crippen LogP contribution in [0.15, 0.2) is 29.2 Å². The molecule has 5 nitrogen and oxygen atoms in total. The molecule has 0 radical (unpaired) electrons. The third kappa shape index (κ3) is 3.54. The molecule has 0 heterocycles. The number of esters is 1. The summed E-state index contributed by atoms with van der Waals surface area (Å²) in [5.74, 6) is -0.599. The Morgan fingerprint density at radius 3 is 2.33 bits per heavy atom. The van der Waals surface area contributed by atoms with Gasteiger partial charge in [-0.1, -0.05) is 28.1 Å². The van der Waals surface area contributed by atoms with Crippen LogP contribution in [0.4, 0.5) is 0 Å². The molecule has 0 aliphatic carbocycles. The SMILES string of the molecule is COC(=O)CN(C)S(=O)(=O)c1ccc(CBr)cc1. The van der Waals surface area contributed by atoms with Crippen molar-refractivity contribution in [1.29, 1.82) is 0 Å². The highest BCUT2D eigenvalue weighted by molar-refractivity contribution is 9.08. The molecule has 0 amide bonds. The highest BCUT2D eigenvalue weighted by atomic mass is 79.9. The zero-order chi connectivity index (χ0) is 13.8. The van der Waals surface area contributed by atoms with E-state index in [0.29, 0.717) is 5.33 Å². The first-order chi connectivity index (χ1) is 8.41. The van der Waals surface area contributed by atoms with Crippen LogP contribution < -0.4 is 0 Å². The van der Waals surface area contributed by atoms with Gasteiger partial charge in [0.2, 0.25) is 10.0 Å². The molecule has 1 aromatic carbocycles. The number of likely N-dealkylation sites (N-methyl/N-ethyl adjacent to an activating group) is 1. The number of alkyl halides is 1. The van der Waals surface area contributed by atoms with Crippen molar-refractivity contribution in [1.82, 2.24) is 4.31 Å². The summed E-state index contributed by atoms with van der Waals surface area (Å²) in [4.78, 5) is 11.2. The molecular weight excluding hydrogens is 322 g/mol. The number of halogens is 1. The molecule has 18 heavy (non-hydrogen) atoms. The fraction of sp³-hybridized carbons (Fsp3) is 0.364. The lowest BCUT2D eigenvalue weighted by molar-refractivity contribution is -0.140. The Kier molecular flexibility index (Phi) is 5.30. The van der Waals surface area contributed by atoms with Crippen molar-refractivity contribution < 1.29 is 17.9 Å². The van der Waals surface area contributed by atoms with Crippen LogP contribution in [0, 0.1) is 0 Å². The third-order valence-electron chi connectivity index (χ3n) is 2.37. The summed E-state index contributed by atoms with van der Waals surface area (Å²) in [6.07, 6.45) is 0. The van der Waals surface area contributed by atoms with E-state index in [4.69, 9.17) is 0 Å². The second-order valence-corrected chi connectivity index (χ2v) is 6.22. The Labute approximate surface area is 115 Å². The summed E-state index contributed by atoms with van der Waals surface area (Å²) in [7, 11) is -1.10. The normalized spacial score (nSPS) is 11.6. The lowest BCUT2D eigenvalue weighted by Crippen LogP contribution is -2.32. The van der Waals surface area contributed by atoms with Gasteiger partial charge in [0, 0.05) is 12.4 Å². The number of hydrogen-bond donors (Lipinski definition) is 0. The average Bonchev–Trinajstić information content (AvgIpc) is 2.38. The summed E-state index contributed by atoms with van der Waals surface area (Å²) < 4.78 is 29.6. The molecule has 0 saturated carbocycles. The van der Waals surface area contributed by atoms with Crippen LogP contribution in [0.25, 0.3) is 0 Å². The Hall–Kier alpha value is -0.920. The van der Waals surface area contributed by atoms with E-state index in [1.807, 2.05) is 0 Å². The molecule has 0 aliphatic rings. The number of ether oxygens (including phenoxy) is 1. The average molecular weight is 336 g/mol. The lowest BCUT2D eigenvalue weighted by atomic mass is 10.2. The van der Waals surface area contributed by atoms with Gasteiger partial charge in [0.05, 0.1) is 12.0 Å². The van der Waals surface area contributed by atoms with Crippen LogP contribution in [0.1, 0.15) is 5.56 Å². The predicted octanol–water partition coefficient (Wildman–Crippen LogP) is 1.37. The molecule has 7 heteroatoms. The standard InChI is InChI=1S/C11H14BrNO4S/c1-13(8-11(14)17-2)18(15,16)10-5-3-9(7-12)4-6-10/h3-6H,7-8H2,1-2H3. The molecule has 100 valence electrons. The van der Waals surface area contributed by atoms with Crippen molar-refractivity contribution in [2.75, 3.05) is 20.7 Å². The van der Waals surface area contributed by atoms with Gasteiger partial charge in [-0.2, -0.15) is 4.31 Å². The molecule has 0 spiro atoms. The summed E-state index contributed by atoms with van der Waals surface area (Å²) in [6, 6.07) is 6.46. The van der Waals surface area contributed by atoms with Gasteiger partial charge in [0.1, 0.15) is 6.54 Å². The second-order valence-electron chi connectivity index (χ2n) is 3.61. The first-order valence-corrected chi connectivity index (χ1v) is 7.66. The fourth-order valence-electron chi connectivity index (χ4n) is 1.26. The van der Waals surface area contributed by atoms with Crippen molar-refractivity contribution in [2.45, 2.75) is 10.2 Å². The third-order valence-corrected chi connectivity index (χ3v) is 4.83. The molecule has 0 fully saturated rings. The summed E-state index contributed by atoms with van der Waals surface area (Å²) in [5.41, 5.74) is 0.976. The largest absolute Gasteiger partial charge is 0.468 e. The van der Waals surface area contributed by atoms with Crippen molar-refractivity contribution in [2.24, 2.45) is 0 Å². The number of rotatable bonds is 5. The Morgan fingerprint density at radius 2 is 1.89 bits per heavy atom. The Balaban J connectivity index is 2.94. The van der Waals surface area contributed by atoms with Gasteiger partial charge < -0.3 is 4.74 Å². The number of benzene rings is 1. The fourth-order valence-corrected chi connectivity index (χ4v) is 2.75. The van der Waals surface area contributed by atoms with Gasteiger partial charge in [-0.05, 0) is 17.7 Å². The minimum Gasteiger partial charge on any atom is -0.468 e. The van der Waals surface area contributed by atoms with Gasteiger partial charge in [-0.3, -0.25) is 4.79 Å². The van der Waals surface area contributed by atoms with Crippen molar-refractivity contribution in [3.8, 4) is 0 Å². The van der Waals surface area contributed by atoms with Crippen molar-refractivity contribution in [3.63, 3.8) is 0 Å². The zero-order valence-corrected chi connectivity index (χ0v) is 12.5. The number of sulfonamides is 1. The molecule has 0 aromatic heterocycles. The monoisotopic (exact) mass is 335 g/mol. The first kappa shape index (κ1) is 15.1. The second kappa shape index (κ2) is 6.31. The van der Waals surface area contributed by atoms with Crippen LogP contribution in [0.3, 0.4) is 0 Å². The molecule has 0 saturated heterocycles. The van der Waals surface area contributed by atoms with Crippen molar-refractivity contribution >= 4 is 31.9 Å². The zero-order valence-electron chi connectivity index (χ0n) is 10.1. The van der Waals surface area contributed by atoms with E-state index in [0.717, 1.165) is 9.87 Å². The van der Waals surface area contributed by atoms with E-state index < -0.39 is 16.0 Å². The van der Waals surface area contributed by atoms with E-state index in [9.17, 15) is 13.2 Å². The van der Waals surface area contributed by atoms with E-state index in [1.54, 1.807) is 12.1 Å². The van der Waals surface area contributed by atoms with Crippen LogP contribution in [-0.2, 0) is 24.9 Å². The minimum atomic E-state index is -3.65. The number of hydrogen-bond acceptors (Lipinski definition) is 4. The van der Waals surface area contributed by atoms with Gasteiger partial charge in [-0.25, -0.2) is 8.42 Å². The maximum Gasteiger partial charge on any atom is 0.321 e. The van der Waals surface area contributed by atoms with Crippen LogP contribution in [0.2, 0.25) is 0 Å². The van der Waals surface area contributed by atoms with E-state index in [1.165, 1.54) is 26.3 Å². The smallest absolute Gasteiger partial charge is 0.321 e. The number of nitrogens with zero attached hydrogens (tertiary/aromatic N) is 1. The highest BCUT2D eigenvalue weighted by Crippen LogP contribution is 2.16. The Morgan fingerprint density at radius 1 is 1.33 bits per heavy atom. The molecule has 0 bridgehead atoms. The summed E-state index contributed by atoms with van der Waals surface area (Å²) in [5, 5.41) is 0.658. The quantitative estimate of drug-likeness (QED) is 0.602. The molecule has 1 rings (SSSR count). The summed E-state index contributed by atoms with van der Waals surface area (Å²) in [6.45, 7) is -0.307. The topological polar surface area (TPSA) is 63.7 Å². The maximum atomic E-state index is 12.1. The van der Waals surface area contributed by atoms with E-state index in [2.05, 4.69) is 20.7 Å². The maximum absolute atomic E-state index is 12.1. The minimum absolute atomic E-state index is 0.151. The number of methoxy groups -OCH3 is 1. The van der Waals surface area contributed by atoms with Crippen molar-refractivity contribution in [3.05, 3.63) is 29.8 Å². The van der Waals surface area contributed by atoms with Gasteiger partial charge in [0.15, 0.2) is 0 Å². The highest BCUT2D eigenvalue weighted by Gasteiger charge is 2.22. The number of carbonyl (C=O) groups excluding carboxylic acids is 1. The molecular formula is C11H14BrNO4S. The lowest BCUT2D eigenvalue weighted by Gasteiger charge is -2.15.